The second-order valence-corrected chi connectivity index (χ2v) is 8.06. The summed E-state index contributed by atoms with van der Waals surface area (Å²) in [6.45, 7) is 3.79. The first-order valence-corrected chi connectivity index (χ1v) is 10.4. The molecule has 2 heterocycles. The van der Waals surface area contributed by atoms with Crippen molar-refractivity contribution in [3.63, 3.8) is 0 Å². The number of aryl methyl sites for hydroxylation is 1. The highest BCUT2D eigenvalue weighted by Crippen LogP contribution is 2.37. The quantitative estimate of drug-likeness (QED) is 0.753. The maximum absolute atomic E-state index is 12.4. The lowest BCUT2D eigenvalue weighted by molar-refractivity contribution is -0.119. The summed E-state index contributed by atoms with van der Waals surface area (Å²) in [5.74, 6) is 3.46. The number of methoxy groups -OCH3 is 2. The minimum absolute atomic E-state index is 0.0385. The number of carbonyl (C=O) groups is 1. The summed E-state index contributed by atoms with van der Waals surface area (Å²) in [4.78, 5) is 25.3. The molecule has 9 heteroatoms. The predicted octanol–water partition coefficient (Wildman–Crippen LogP) is 2.63. The Bertz CT molecular complexity index is 992. The maximum Gasteiger partial charge on any atom is 0.249 e. The molecule has 1 saturated carbocycles. The average molecular weight is 428 g/mol. The fourth-order valence-corrected chi connectivity index (χ4v) is 4.04. The molecule has 4 rings (SSSR count). The van der Waals surface area contributed by atoms with Crippen molar-refractivity contribution in [1.29, 1.82) is 0 Å². The van der Waals surface area contributed by atoms with Crippen LogP contribution in [0, 0.1) is 6.92 Å². The zero-order chi connectivity index (χ0) is 22.3. The van der Waals surface area contributed by atoms with E-state index in [0.29, 0.717) is 17.4 Å². The number of hydrogen-bond donors (Lipinski definition) is 1. The number of benzene rings is 1. The Morgan fingerprint density at radius 1 is 1.10 bits per heavy atom. The van der Waals surface area contributed by atoms with E-state index in [2.05, 4.69) is 10.3 Å². The zero-order valence-corrected chi connectivity index (χ0v) is 18.8. The molecule has 2 aliphatic rings. The Morgan fingerprint density at radius 2 is 1.81 bits per heavy atom. The van der Waals surface area contributed by atoms with E-state index >= 15 is 0 Å². The van der Waals surface area contributed by atoms with Crippen LogP contribution in [0.4, 0.5) is 17.5 Å². The van der Waals surface area contributed by atoms with Crippen molar-refractivity contribution in [3.05, 3.63) is 23.9 Å². The summed E-state index contributed by atoms with van der Waals surface area (Å²) in [5, 5.41) is 3.41. The first-order valence-electron chi connectivity index (χ1n) is 10.4. The molecular formula is C22H29N5O4. The zero-order valence-electron chi connectivity index (χ0n) is 18.8. The van der Waals surface area contributed by atoms with Gasteiger partial charge in [0.05, 0.1) is 19.9 Å². The molecule has 166 valence electrons. The number of aromatic nitrogens is 2. The van der Waals surface area contributed by atoms with Gasteiger partial charge in [-0.2, -0.15) is 4.98 Å². The molecule has 1 atom stereocenters. The van der Waals surface area contributed by atoms with Gasteiger partial charge in [-0.1, -0.05) is 0 Å². The number of nitrogens with zero attached hydrogens (tertiary/aromatic N) is 4. The number of rotatable bonds is 6. The molecule has 2 aromatic rings. The number of ether oxygens (including phenoxy) is 3. The molecule has 0 saturated heterocycles. The van der Waals surface area contributed by atoms with Gasteiger partial charge in [-0.15, -0.1) is 0 Å². The molecule has 0 radical (unpaired) electrons. The molecule has 0 unspecified atom stereocenters. The van der Waals surface area contributed by atoms with Gasteiger partial charge in [0.15, 0.2) is 17.3 Å². The van der Waals surface area contributed by atoms with Gasteiger partial charge >= 0.3 is 0 Å². The summed E-state index contributed by atoms with van der Waals surface area (Å²) >= 11 is 0. The lowest BCUT2D eigenvalue weighted by Crippen LogP contribution is -2.50. The van der Waals surface area contributed by atoms with Crippen molar-refractivity contribution in [3.8, 4) is 17.2 Å². The second kappa shape index (κ2) is 8.13. The van der Waals surface area contributed by atoms with Gasteiger partial charge in [-0.05, 0) is 26.0 Å². The minimum Gasteiger partial charge on any atom is -0.493 e. The first-order chi connectivity index (χ1) is 14.8. The van der Waals surface area contributed by atoms with Crippen LogP contribution in [0.5, 0.6) is 17.2 Å². The predicted molar refractivity (Wildman–Crippen MR) is 119 cm³/mol. The highest BCUT2D eigenvalue weighted by Gasteiger charge is 2.36. The number of fused-ring (bicyclic) bond motifs is 1. The van der Waals surface area contributed by atoms with Gasteiger partial charge in [0.25, 0.3) is 0 Å². The normalized spacial score (nSPS) is 22.5. The molecule has 1 aliphatic heterocycles. The molecule has 31 heavy (non-hydrogen) atoms. The van der Waals surface area contributed by atoms with E-state index in [-0.39, 0.29) is 24.1 Å². The maximum atomic E-state index is 12.4. The summed E-state index contributed by atoms with van der Waals surface area (Å²) in [6.07, 6.45) is 1.80. The molecule has 1 fully saturated rings. The van der Waals surface area contributed by atoms with E-state index in [4.69, 9.17) is 19.2 Å². The molecule has 1 aromatic heterocycles. The SMILES string of the molecule is COc1ccc(O[C@H]2C[C@H](Nc3nc(C)c4c(n3)N(C)[C@@H](C)C(=O)N4C)C2)cc1OC. The van der Waals surface area contributed by atoms with Crippen molar-refractivity contribution in [2.75, 3.05) is 43.4 Å². The lowest BCUT2D eigenvalue weighted by Gasteiger charge is -2.38. The van der Waals surface area contributed by atoms with E-state index < -0.39 is 0 Å². The van der Waals surface area contributed by atoms with Crippen LogP contribution in [-0.2, 0) is 4.79 Å². The van der Waals surface area contributed by atoms with Crippen molar-refractivity contribution < 1.29 is 19.0 Å². The van der Waals surface area contributed by atoms with E-state index in [1.807, 2.05) is 44.0 Å². The largest absolute Gasteiger partial charge is 0.493 e. The fourth-order valence-electron chi connectivity index (χ4n) is 4.04. The summed E-state index contributed by atoms with van der Waals surface area (Å²) in [6, 6.07) is 5.53. The van der Waals surface area contributed by atoms with Gasteiger partial charge in [0.2, 0.25) is 11.9 Å². The number of nitrogens with one attached hydrogen (secondary N) is 1. The van der Waals surface area contributed by atoms with E-state index in [1.54, 1.807) is 26.2 Å². The fraction of sp³-hybridized carbons (Fsp3) is 0.500. The third kappa shape index (κ3) is 3.80. The minimum atomic E-state index is -0.261. The highest BCUT2D eigenvalue weighted by atomic mass is 16.5. The van der Waals surface area contributed by atoms with Gasteiger partial charge in [0.1, 0.15) is 23.6 Å². The number of amides is 1. The van der Waals surface area contributed by atoms with Crippen LogP contribution in [-0.4, -0.2) is 62.4 Å². The van der Waals surface area contributed by atoms with E-state index in [1.165, 1.54) is 0 Å². The lowest BCUT2D eigenvalue weighted by atomic mass is 9.89. The smallest absolute Gasteiger partial charge is 0.249 e. The standard InChI is InChI=1S/C22H29N5O4/c1-12-19-20(26(3)13(2)21(28)27(19)4)25-22(23-12)24-14-9-16(10-14)31-15-7-8-17(29-5)18(11-15)30-6/h7-8,11,13-14,16H,9-10H2,1-6H3,(H,23,24,25)/t13-,14-,16-/m0/s1. The molecule has 0 bridgehead atoms. The number of hydrogen-bond acceptors (Lipinski definition) is 8. The molecule has 1 aromatic carbocycles. The summed E-state index contributed by atoms with van der Waals surface area (Å²) < 4.78 is 16.7. The summed E-state index contributed by atoms with van der Waals surface area (Å²) in [5.41, 5.74) is 1.54. The topological polar surface area (TPSA) is 89.1 Å². The molecule has 0 spiro atoms. The van der Waals surface area contributed by atoms with Crippen molar-refractivity contribution in [2.45, 2.75) is 44.9 Å². The van der Waals surface area contributed by atoms with Crippen LogP contribution in [0.25, 0.3) is 0 Å². The Balaban J connectivity index is 1.40. The molecule has 1 aliphatic carbocycles. The molecule has 1 N–H and O–H groups in total. The molecule has 1 amide bonds. The summed E-state index contributed by atoms with van der Waals surface area (Å²) in [7, 11) is 6.88. The van der Waals surface area contributed by atoms with Gasteiger partial charge in [-0.3, -0.25) is 4.79 Å². The number of carbonyl (C=O) groups excluding carboxylic acids is 1. The first kappa shape index (κ1) is 21.0. The van der Waals surface area contributed by atoms with Crippen molar-refractivity contribution in [1.82, 2.24) is 9.97 Å². The Hall–Kier alpha value is -3.23. The molecular weight excluding hydrogens is 398 g/mol. The van der Waals surface area contributed by atoms with Crippen LogP contribution in [0.15, 0.2) is 18.2 Å². The Morgan fingerprint density at radius 3 is 2.48 bits per heavy atom. The van der Waals surface area contributed by atoms with Crippen LogP contribution in [0.3, 0.4) is 0 Å². The van der Waals surface area contributed by atoms with Gasteiger partial charge in [-0.25, -0.2) is 4.98 Å². The monoisotopic (exact) mass is 427 g/mol. The third-order valence-corrected chi connectivity index (χ3v) is 6.06. The highest BCUT2D eigenvalue weighted by molar-refractivity contribution is 6.04. The van der Waals surface area contributed by atoms with Gasteiger partial charge < -0.3 is 29.3 Å². The second-order valence-electron chi connectivity index (χ2n) is 8.06. The Kier molecular flexibility index (Phi) is 5.51. The molecule has 9 nitrogen and oxygen atoms in total. The van der Waals surface area contributed by atoms with Gasteiger partial charge in [0, 0.05) is 39.0 Å². The van der Waals surface area contributed by atoms with Crippen LogP contribution >= 0.6 is 0 Å². The van der Waals surface area contributed by atoms with Crippen LogP contribution < -0.4 is 29.3 Å². The van der Waals surface area contributed by atoms with Crippen molar-refractivity contribution in [2.24, 2.45) is 0 Å². The third-order valence-electron chi connectivity index (χ3n) is 6.06. The Labute approximate surface area is 182 Å². The van der Waals surface area contributed by atoms with E-state index in [9.17, 15) is 4.79 Å². The van der Waals surface area contributed by atoms with E-state index in [0.717, 1.165) is 35.8 Å². The van der Waals surface area contributed by atoms with Crippen LogP contribution in [0.1, 0.15) is 25.5 Å². The number of likely N-dealkylation sites (N-methyl/N-ethyl adjacent to an activating group) is 2. The van der Waals surface area contributed by atoms with Crippen molar-refractivity contribution >= 4 is 23.4 Å². The van der Waals surface area contributed by atoms with Crippen LogP contribution in [0.2, 0.25) is 0 Å². The number of anilines is 3. The average Bonchev–Trinajstić information content (AvgIpc) is 2.74.